The minimum atomic E-state index is -1.04. The van der Waals surface area contributed by atoms with Crippen molar-refractivity contribution in [2.24, 2.45) is 5.92 Å². The molecule has 1 atom stereocenters. The highest BCUT2D eigenvalue weighted by Crippen LogP contribution is 2.31. The van der Waals surface area contributed by atoms with Gasteiger partial charge < -0.3 is 15.2 Å². The molecule has 0 saturated heterocycles. The van der Waals surface area contributed by atoms with E-state index in [4.69, 9.17) is 4.74 Å². The zero-order valence-corrected chi connectivity index (χ0v) is 17.6. The van der Waals surface area contributed by atoms with Gasteiger partial charge in [-0.2, -0.15) is 9.78 Å². The molecule has 0 spiro atoms. The Hall–Kier alpha value is -3.68. The summed E-state index contributed by atoms with van der Waals surface area (Å²) in [6.07, 6.45) is 1.87. The van der Waals surface area contributed by atoms with Crippen molar-refractivity contribution in [3.63, 3.8) is 0 Å². The molecule has 1 heterocycles. The fourth-order valence-corrected chi connectivity index (χ4v) is 3.41. The predicted molar refractivity (Wildman–Crippen MR) is 115 cm³/mol. The number of hydrogen-bond donors (Lipinski definition) is 2. The molecule has 1 fully saturated rings. The number of rotatable bonds is 9. The second kappa shape index (κ2) is 9.21. The van der Waals surface area contributed by atoms with E-state index in [0.717, 1.165) is 18.4 Å². The summed E-state index contributed by atoms with van der Waals surface area (Å²) in [5.74, 6) is -1.39. The van der Waals surface area contributed by atoms with Crippen molar-refractivity contribution in [2.45, 2.75) is 32.2 Å². The van der Waals surface area contributed by atoms with Gasteiger partial charge in [0.25, 0.3) is 5.91 Å². The van der Waals surface area contributed by atoms with Gasteiger partial charge in [0.2, 0.25) is 5.88 Å². The maximum atomic E-state index is 14.4. The summed E-state index contributed by atoms with van der Waals surface area (Å²) in [7, 11) is 0. The van der Waals surface area contributed by atoms with Crippen LogP contribution in [-0.2, 0) is 4.79 Å². The van der Waals surface area contributed by atoms with Crippen LogP contribution in [0.2, 0.25) is 0 Å². The molecule has 1 amide bonds. The van der Waals surface area contributed by atoms with Crippen LogP contribution in [-0.4, -0.2) is 33.4 Å². The highest BCUT2D eigenvalue weighted by molar-refractivity contribution is 5.93. The number of amides is 1. The molecule has 1 saturated carbocycles. The van der Waals surface area contributed by atoms with Gasteiger partial charge in [0, 0.05) is 6.07 Å². The topological polar surface area (TPSA) is 93.5 Å². The van der Waals surface area contributed by atoms with E-state index < -0.39 is 23.7 Å². The molecule has 1 aliphatic carbocycles. The molecule has 1 unspecified atom stereocenters. The highest BCUT2D eigenvalue weighted by atomic mass is 19.1. The molecular formula is C24H24FN3O4. The van der Waals surface area contributed by atoms with Crippen LogP contribution in [0.15, 0.2) is 54.6 Å². The number of nitrogens with zero attached hydrogens (tertiary/aromatic N) is 2. The van der Waals surface area contributed by atoms with Gasteiger partial charge in [0.05, 0.1) is 19.1 Å². The Labute approximate surface area is 184 Å². The number of halogens is 1. The second-order valence-electron chi connectivity index (χ2n) is 8.02. The number of para-hydroxylation sites is 1. The molecule has 7 nitrogen and oxygen atoms in total. The van der Waals surface area contributed by atoms with Crippen LogP contribution >= 0.6 is 0 Å². The smallest absolute Gasteiger partial charge is 0.305 e. The van der Waals surface area contributed by atoms with Gasteiger partial charge in [-0.3, -0.25) is 9.59 Å². The number of ether oxygens (including phenoxy) is 1. The zero-order valence-electron chi connectivity index (χ0n) is 17.6. The summed E-state index contributed by atoms with van der Waals surface area (Å²) >= 11 is 0. The summed E-state index contributed by atoms with van der Waals surface area (Å²) < 4.78 is 21.5. The van der Waals surface area contributed by atoms with E-state index in [1.165, 1.54) is 16.8 Å². The first-order chi connectivity index (χ1) is 15.4. The van der Waals surface area contributed by atoms with Crippen LogP contribution in [0.25, 0.3) is 5.69 Å². The number of carbonyl (C=O) groups is 2. The van der Waals surface area contributed by atoms with Crippen molar-refractivity contribution in [1.29, 1.82) is 0 Å². The van der Waals surface area contributed by atoms with Gasteiger partial charge in [-0.1, -0.05) is 42.0 Å². The Morgan fingerprint density at radius 2 is 2.00 bits per heavy atom. The first-order valence-electron chi connectivity index (χ1n) is 10.5. The van der Waals surface area contributed by atoms with Crippen LogP contribution < -0.4 is 10.1 Å². The Balaban J connectivity index is 1.62. The van der Waals surface area contributed by atoms with E-state index in [2.05, 4.69) is 10.4 Å². The molecule has 8 heteroatoms. The van der Waals surface area contributed by atoms with Crippen LogP contribution in [0.1, 0.15) is 46.9 Å². The highest BCUT2D eigenvalue weighted by Gasteiger charge is 2.26. The van der Waals surface area contributed by atoms with Gasteiger partial charge >= 0.3 is 5.97 Å². The number of carboxylic acids is 1. The summed E-state index contributed by atoms with van der Waals surface area (Å²) in [6.45, 7) is 2.36. The first kappa shape index (κ1) is 21.5. The lowest BCUT2D eigenvalue weighted by atomic mass is 10.0. The van der Waals surface area contributed by atoms with Gasteiger partial charge in [-0.25, -0.2) is 4.39 Å². The van der Waals surface area contributed by atoms with Crippen LogP contribution in [0.5, 0.6) is 5.88 Å². The lowest BCUT2D eigenvalue weighted by Gasteiger charge is -2.17. The van der Waals surface area contributed by atoms with E-state index in [1.54, 1.807) is 24.3 Å². The predicted octanol–water partition coefficient (Wildman–Crippen LogP) is 4.05. The van der Waals surface area contributed by atoms with Crippen LogP contribution in [0.3, 0.4) is 0 Å². The molecule has 0 bridgehead atoms. The standard InChI is InChI=1S/C24H24FN3O4/c1-15-5-4-6-17(11-15)19(13-23(29)30)26-24(31)20-12-22(32-14-16-9-10-16)28(27-20)21-8-3-2-7-18(21)25/h2-8,11-12,16,19H,9-10,13-14H2,1H3,(H,26,31)(H,29,30). The van der Waals surface area contributed by atoms with Crippen molar-refractivity contribution >= 4 is 11.9 Å². The van der Waals surface area contributed by atoms with Gasteiger partial charge in [0.15, 0.2) is 5.69 Å². The molecule has 32 heavy (non-hydrogen) atoms. The second-order valence-corrected chi connectivity index (χ2v) is 8.02. The van der Waals surface area contributed by atoms with E-state index in [1.807, 2.05) is 25.1 Å². The van der Waals surface area contributed by atoms with E-state index in [0.29, 0.717) is 18.1 Å². The molecule has 4 rings (SSSR count). The Morgan fingerprint density at radius 1 is 1.22 bits per heavy atom. The summed E-state index contributed by atoms with van der Waals surface area (Å²) in [5.41, 5.74) is 1.81. The number of carboxylic acid groups (broad SMARTS) is 1. The van der Waals surface area contributed by atoms with Gasteiger partial charge in [-0.05, 0) is 43.4 Å². The number of hydrogen-bond acceptors (Lipinski definition) is 4. The number of carbonyl (C=O) groups excluding carboxylic acids is 1. The van der Waals surface area contributed by atoms with Crippen molar-refractivity contribution in [3.8, 4) is 11.6 Å². The summed E-state index contributed by atoms with van der Waals surface area (Å²) in [4.78, 5) is 24.4. The monoisotopic (exact) mass is 437 g/mol. The average Bonchev–Trinajstić information content (AvgIpc) is 3.49. The van der Waals surface area contributed by atoms with Crippen LogP contribution in [0.4, 0.5) is 4.39 Å². The molecule has 3 aromatic rings. The molecule has 1 aromatic heterocycles. The normalized spacial score (nSPS) is 14.1. The molecule has 2 N–H and O–H groups in total. The van der Waals surface area contributed by atoms with E-state index in [9.17, 15) is 19.1 Å². The Kier molecular flexibility index (Phi) is 6.20. The molecule has 1 aliphatic rings. The molecule has 0 radical (unpaired) electrons. The lowest BCUT2D eigenvalue weighted by Crippen LogP contribution is -2.30. The number of aromatic nitrogens is 2. The van der Waals surface area contributed by atoms with Gasteiger partial charge in [-0.15, -0.1) is 0 Å². The minimum absolute atomic E-state index is 0.0158. The first-order valence-corrected chi connectivity index (χ1v) is 10.5. The van der Waals surface area contributed by atoms with Gasteiger partial charge in [0.1, 0.15) is 11.5 Å². The fraction of sp³-hybridized carbons (Fsp3) is 0.292. The number of aryl methyl sites for hydroxylation is 1. The fourth-order valence-electron chi connectivity index (χ4n) is 3.41. The van der Waals surface area contributed by atoms with E-state index >= 15 is 0 Å². The third-order valence-electron chi connectivity index (χ3n) is 5.28. The number of benzene rings is 2. The van der Waals surface area contributed by atoms with E-state index in [-0.39, 0.29) is 23.7 Å². The van der Waals surface area contributed by atoms with Crippen LogP contribution in [0, 0.1) is 18.7 Å². The summed E-state index contributed by atoms with van der Waals surface area (Å²) in [6, 6.07) is 14.1. The minimum Gasteiger partial charge on any atom is -0.481 e. The summed E-state index contributed by atoms with van der Waals surface area (Å²) in [5, 5.41) is 16.3. The largest absolute Gasteiger partial charge is 0.481 e. The molecule has 2 aromatic carbocycles. The quantitative estimate of drug-likeness (QED) is 0.527. The van der Waals surface area contributed by atoms with Crippen molar-refractivity contribution in [2.75, 3.05) is 6.61 Å². The SMILES string of the molecule is Cc1cccc(C(CC(=O)O)NC(=O)c2cc(OCC3CC3)n(-c3ccccc3F)n2)c1. The average molecular weight is 437 g/mol. The third kappa shape index (κ3) is 5.14. The number of nitrogens with one attached hydrogen (secondary N) is 1. The maximum absolute atomic E-state index is 14.4. The Morgan fingerprint density at radius 3 is 2.69 bits per heavy atom. The molecule has 166 valence electrons. The molecule has 0 aliphatic heterocycles. The maximum Gasteiger partial charge on any atom is 0.305 e. The van der Waals surface area contributed by atoms with Crippen molar-refractivity contribution in [3.05, 3.63) is 77.2 Å². The lowest BCUT2D eigenvalue weighted by molar-refractivity contribution is -0.137. The number of aliphatic carboxylic acids is 1. The third-order valence-corrected chi connectivity index (χ3v) is 5.28. The Bertz CT molecular complexity index is 1140. The van der Waals surface area contributed by atoms with Crippen molar-refractivity contribution in [1.82, 2.24) is 15.1 Å². The zero-order chi connectivity index (χ0) is 22.7. The molecular weight excluding hydrogens is 413 g/mol. The van der Waals surface area contributed by atoms with Crippen molar-refractivity contribution < 1.29 is 23.8 Å².